The van der Waals surface area contributed by atoms with Gasteiger partial charge in [-0.3, -0.25) is 9.36 Å². The van der Waals surface area contributed by atoms with E-state index >= 15 is 0 Å². The molecule has 0 radical (unpaired) electrons. The average molecular weight is 232 g/mol. The van der Waals surface area contributed by atoms with E-state index in [9.17, 15) is 4.79 Å². The molecule has 0 aliphatic heterocycles. The molecule has 0 amide bonds. The predicted octanol–water partition coefficient (Wildman–Crippen LogP) is 0.222. The molecule has 0 aliphatic carbocycles. The van der Waals surface area contributed by atoms with Gasteiger partial charge in [-0.25, -0.2) is 9.97 Å². The third kappa shape index (κ3) is 2.67. The molecule has 0 spiro atoms. The topological polar surface area (TPSA) is 94.0 Å². The van der Waals surface area contributed by atoms with E-state index in [1.54, 1.807) is 35.6 Å². The lowest BCUT2D eigenvalue weighted by Gasteiger charge is -2.07. The van der Waals surface area contributed by atoms with Crippen molar-refractivity contribution in [2.45, 2.75) is 12.5 Å². The summed E-state index contributed by atoms with van der Waals surface area (Å²) in [6, 6.07) is 2.72. The molecule has 88 valence electrons. The van der Waals surface area contributed by atoms with Crippen LogP contribution in [0.15, 0.2) is 37.1 Å². The highest BCUT2D eigenvalue weighted by atomic mass is 16.4. The van der Waals surface area contributed by atoms with Crippen molar-refractivity contribution in [2.75, 3.05) is 0 Å². The van der Waals surface area contributed by atoms with Crippen molar-refractivity contribution in [1.29, 1.82) is 0 Å². The summed E-state index contributed by atoms with van der Waals surface area (Å²) in [4.78, 5) is 18.7. The van der Waals surface area contributed by atoms with Crippen molar-refractivity contribution in [3.63, 3.8) is 0 Å². The van der Waals surface area contributed by atoms with Crippen molar-refractivity contribution in [3.8, 4) is 5.82 Å². The molecule has 0 aliphatic rings. The Labute approximate surface area is 97.7 Å². The Morgan fingerprint density at radius 2 is 2.35 bits per heavy atom. The fourth-order valence-electron chi connectivity index (χ4n) is 1.43. The highest BCUT2D eigenvalue weighted by Crippen LogP contribution is 2.06. The van der Waals surface area contributed by atoms with E-state index in [0.717, 1.165) is 11.4 Å². The minimum atomic E-state index is -1.01. The molecule has 2 heterocycles. The number of aromatic nitrogens is 3. The zero-order chi connectivity index (χ0) is 12.3. The lowest BCUT2D eigenvalue weighted by atomic mass is 10.1. The second-order valence-corrected chi connectivity index (χ2v) is 3.64. The third-order valence-electron chi connectivity index (χ3n) is 2.35. The number of carboxylic acid groups (broad SMARTS) is 1. The lowest BCUT2D eigenvalue weighted by molar-refractivity contribution is -0.138. The fraction of sp³-hybridized carbons (Fsp3) is 0.182. The Balaban J connectivity index is 2.11. The van der Waals surface area contributed by atoms with Crippen LogP contribution >= 0.6 is 0 Å². The first-order valence-corrected chi connectivity index (χ1v) is 5.08. The van der Waals surface area contributed by atoms with E-state index in [2.05, 4.69) is 9.97 Å². The molecule has 0 bridgehead atoms. The van der Waals surface area contributed by atoms with Crippen molar-refractivity contribution < 1.29 is 9.90 Å². The summed E-state index contributed by atoms with van der Waals surface area (Å²) in [5.41, 5.74) is 6.23. The quantitative estimate of drug-likeness (QED) is 0.786. The Morgan fingerprint density at radius 3 is 2.88 bits per heavy atom. The van der Waals surface area contributed by atoms with Crippen LogP contribution in [0, 0.1) is 0 Å². The summed E-state index contributed by atoms with van der Waals surface area (Å²) >= 11 is 0. The minimum absolute atomic E-state index is 0.270. The van der Waals surface area contributed by atoms with Crippen molar-refractivity contribution in [1.82, 2.24) is 14.5 Å². The molecule has 0 aromatic carbocycles. The highest BCUT2D eigenvalue weighted by Gasteiger charge is 2.12. The zero-order valence-corrected chi connectivity index (χ0v) is 9.02. The summed E-state index contributed by atoms with van der Waals surface area (Å²) in [5.74, 6) is -0.279. The normalized spacial score (nSPS) is 12.3. The standard InChI is InChI=1S/C11H12N4O2/c12-9(11(16)17)5-8-1-2-10(14-6-8)15-4-3-13-7-15/h1-4,6-7,9H,5,12H2,(H,16,17)/t9-/m0/s1. The monoisotopic (exact) mass is 232 g/mol. The highest BCUT2D eigenvalue weighted by molar-refractivity contribution is 5.73. The number of nitrogens with two attached hydrogens (primary N) is 1. The van der Waals surface area contributed by atoms with E-state index in [1.807, 2.05) is 6.07 Å². The van der Waals surface area contributed by atoms with Gasteiger partial charge < -0.3 is 10.8 Å². The maximum absolute atomic E-state index is 10.6. The van der Waals surface area contributed by atoms with Crippen LogP contribution in [0.2, 0.25) is 0 Å². The van der Waals surface area contributed by atoms with Crippen LogP contribution in [0.5, 0.6) is 0 Å². The Bertz CT molecular complexity index is 493. The van der Waals surface area contributed by atoms with Gasteiger partial charge >= 0.3 is 5.97 Å². The maximum atomic E-state index is 10.6. The number of carboxylic acids is 1. The van der Waals surface area contributed by atoms with Crippen LogP contribution in [0.1, 0.15) is 5.56 Å². The van der Waals surface area contributed by atoms with E-state index in [-0.39, 0.29) is 6.42 Å². The SMILES string of the molecule is N[C@@H](Cc1ccc(-n2ccnc2)nc1)C(=O)O. The first-order valence-electron chi connectivity index (χ1n) is 5.08. The van der Waals surface area contributed by atoms with Crippen LogP contribution < -0.4 is 5.73 Å². The number of pyridine rings is 1. The lowest BCUT2D eigenvalue weighted by Crippen LogP contribution is -2.32. The number of hydrogen-bond donors (Lipinski definition) is 2. The second kappa shape index (κ2) is 4.75. The van der Waals surface area contributed by atoms with Gasteiger partial charge in [0.2, 0.25) is 0 Å². The number of rotatable bonds is 4. The molecule has 1 atom stereocenters. The summed E-state index contributed by atoms with van der Waals surface area (Å²) in [6.07, 6.45) is 6.98. The average Bonchev–Trinajstić information content (AvgIpc) is 2.83. The number of nitrogens with zero attached hydrogens (tertiary/aromatic N) is 3. The first kappa shape index (κ1) is 11.3. The van der Waals surface area contributed by atoms with Gasteiger partial charge in [0.15, 0.2) is 0 Å². The van der Waals surface area contributed by atoms with Crippen LogP contribution in [0.3, 0.4) is 0 Å². The smallest absolute Gasteiger partial charge is 0.320 e. The Kier molecular flexibility index (Phi) is 3.15. The van der Waals surface area contributed by atoms with Gasteiger partial charge in [-0.15, -0.1) is 0 Å². The Morgan fingerprint density at radius 1 is 1.53 bits per heavy atom. The maximum Gasteiger partial charge on any atom is 0.320 e. The molecule has 6 heteroatoms. The summed E-state index contributed by atoms with van der Waals surface area (Å²) in [6.45, 7) is 0. The van der Waals surface area contributed by atoms with Gasteiger partial charge in [0, 0.05) is 18.6 Å². The summed E-state index contributed by atoms with van der Waals surface area (Å²) in [5, 5.41) is 8.69. The largest absolute Gasteiger partial charge is 0.480 e. The van der Waals surface area contributed by atoms with Gasteiger partial charge in [0.05, 0.1) is 0 Å². The molecule has 0 saturated heterocycles. The molecule has 2 aromatic heterocycles. The van der Waals surface area contributed by atoms with E-state index in [1.165, 1.54) is 0 Å². The zero-order valence-electron chi connectivity index (χ0n) is 9.02. The van der Waals surface area contributed by atoms with Crippen molar-refractivity contribution in [3.05, 3.63) is 42.6 Å². The molecule has 6 nitrogen and oxygen atoms in total. The van der Waals surface area contributed by atoms with Crippen LogP contribution in [0.25, 0.3) is 5.82 Å². The number of carbonyl (C=O) groups is 1. The van der Waals surface area contributed by atoms with Gasteiger partial charge in [-0.1, -0.05) is 6.07 Å². The van der Waals surface area contributed by atoms with E-state index in [4.69, 9.17) is 10.8 Å². The molecular weight excluding hydrogens is 220 g/mol. The fourth-order valence-corrected chi connectivity index (χ4v) is 1.43. The van der Waals surface area contributed by atoms with E-state index in [0.29, 0.717) is 0 Å². The first-order chi connectivity index (χ1) is 8.16. The number of imidazole rings is 1. The van der Waals surface area contributed by atoms with Crippen LogP contribution in [-0.4, -0.2) is 31.7 Å². The van der Waals surface area contributed by atoms with Crippen LogP contribution in [0.4, 0.5) is 0 Å². The number of hydrogen-bond acceptors (Lipinski definition) is 4. The van der Waals surface area contributed by atoms with Gasteiger partial charge in [0.1, 0.15) is 18.2 Å². The summed E-state index contributed by atoms with van der Waals surface area (Å²) in [7, 11) is 0. The second-order valence-electron chi connectivity index (χ2n) is 3.64. The predicted molar refractivity (Wildman–Crippen MR) is 60.7 cm³/mol. The van der Waals surface area contributed by atoms with Crippen LogP contribution in [-0.2, 0) is 11.2 Å². The Hall–Kier alpha value is -2.21. The molecule has 17 heavy (non-hydrogen) atoms. The van der Waals surface area contributed by atoms with Crippen molar-refractivity contribution >= 4 is 5.97 Å². The van der Waals surface area contributed by atoms with Gasteiger partial charge in [-0.05, 0) is 18.1 Å². The van der Waals surface area contributed by atoms with Gasteiger partial charge in [0.25, 0.3) is 0 Å². The number of aliphatic carboxylic acids is 1. The molecule has 2 aromatic rings. The molecule has 0 unspecified atom stereocenters. The molecule has 2 rings (SSSR count). The van der Waals surface area contributed by atoms with Crippen molar-refractivity contribution in [2.24, 2.45) is 5.73 Å². The third-order valence-corrected chi connectivity index (χ3v) is 2.35. The molecule has 0 fully saturated rings. The van der Waals surface area contributed by atoms with E-state index < -0.39 is 12.0 Å². The molecule has 3 N–H and O–H groups in total. The summed E-state index contributed by atoms with van der Waals surface area (Å²) < 4.78 is 1.76. The minimum Gasteiger partial charge on any atom is -0.480 e. The van der Waals surface area contributed by atoms with Gasteiger partial charge in [-0.2, -0.15) is 0 Å². The molecular formula is C11H12N4O2. The molecule has 0 saturated carbocycles.